The number of rotatable bonds is 59. The Balaban J connectivity index is 3.65. The molecule has 0 bridgehead atoms. The fraction of sp³-hybridized carbons (Fsp3) is 0.864. The zero-order valence-corrected chi connectivity index (χ0v) is 48.2. The molecule has 0 aromatic heterocycles. The summed E-state index contributed by atoms with van der Waals surface area (Å²) in [6.45, 7) is 4.08. The molecule has 0 aliphatic carbocycles. The third kappa shape index (κ3) is 53.1. The number of carbonyl (C=O) groups is 1. The maximum absolute atomic E-state index is 12.6. The van der Waals surface area contributed by atoms with Gasteiger partial charge in [-0.05, 0) is 89.9 Å². The standard InChI is InChI=1S/C66H125NO5/c1-3-5-7-9-11-13-15-17-19-21-23-25-27-29-31-32-33-34-36-38-40-42-44-46-48-50-52-54-56-58-60-64(70)66(72)67-62(61-68)65(71)63(69)59-57-55-53-51-49-47-45-43-41-39-37-35-30-28-26-24-22-20-18-16-14-12-10-8-6-4-2/h29,31,35,37,43,45,51,53,62-65,68-71H,3-28,30,32-34,36,38-42,44,46-50,52,54-61H2,1-2H3,(H,67,72)/b31-29-,37-35+,45-43+,53-51+. The van der Waals surface area contributed by atoms with Crippen molar-refractivity contribution in [1.29, 1.82) is 0 Å². The van der Waals surface area contributed by atoms with Crippen LogP contribution >= 0.6 is 0 Å². The first-order chi connectivity index (χ1) is 35.5. The lowest BCUT2D eigenvalue weighted by atomic mass is 10.00. The summed E-state index contributed by atoms with van der Waals surface area (Å²) in [5.74, 6) is -0.596. The van der Waals surface area contributed by atoms with Crippen LogP contribution in [0.1, 0.15) is 335 Å². The summed E-state index contributed by atoms with van der Waals surface area (Å²) < 4.78 is 0. The quantitative estimate of drug-likeness (QED) is 0.0308. The van der Waals surface area contributed by atoms with Gasteiger partial charge in [0.15, 0.2) is 0 Å². The van der Waals surface area contributed by atoms with Crippen LogP contribution in [-0.4, -0.2) is 57.3 Å². The average molecular weight is 1010 g/mol. The van der Waals surface area contributed by atoms with E-state index < -0.39 is 36.9 Å². The van der Waals surface area contributed by atoms with E-state index in [2.05, 4.69) is 67.8 Å². The van der Waals surface area contributed by atoms with E-state index in [0.717, 1.165) is 51.4 Å². The third-order valence-electron chi connectivity index (χ3n) is 15.0. The van der Waals surface area contributed by atoms with Gasteiger partial charge in [0, 0.05) is 0 Å². The molecule has 0 aromatic rings. The first-order valence-electron chi connectivity index (χ1n) is 32.0. The highest BCUT2D eigenvalue weighted by molar-refractivity contribution is 5.80. The minimum absolute atomic E-state index is 0.359. The number of aliphatic hydroxyl groups excluding tert-OH is 4. The molecule has 0 aromatic carbocycles. The second-order valence-electron chi connectivity index (χ2n) is 22.1. The topological polar surface area (TPSA) is 110 Å². The predicted molar refractivity (Wildman–Crippen MR) is 316 cm³/mol. The minimum atomic E-state index is -1.30. The number of unbranched alkanes of at least 4 members (excludes halogenated alkanes) is 42. The molecule has 4 unspecified atom stereocenters. The van der Waals surface area contributed by atoms with Gasteiger partial charge in [-0.2, -0.15) is 0 Å². The van der Waals surface area contributed by atoms with Crippen molar-refractivity contribution >= 4 is 5.91 Å². The van der Waals surface area contributed by atoms with Gasteiger partial charge in [-0.1, -0.05) is 294 Å². The van der Waals surface area contributed by atoms with Gasteiger partial charge in [0.05, 0.1) is 18.8 Å². The molecule has 0 aliphatic rings. The van der Waals surface area contributed by atoms with Crippen LogP contribution in [0.4, 0.5) is 0 Å². The number of aliphatic hydroxyl groups is 4. The highest BCUT2D eigenvalue weighted by Crippen LogP contribution is 2.18. The van der Waals surface area contributed by atoms with Crippen molar-refractivity contribution in [2.45, 2.75) is 359 Å². The van der Waals surface area contributed by atoms with Crippen LogP contribution in [0.2, 0.25) is 0 Å². The Bertz CT molecular complexity index is 1180. The first-order valence-corrected chi connectivity index (χ1v) is 32.0. The van der Waals surface area contributed by atoms with Crippen LogP contribution in [0.3, 0.4) is 0 Å². The van der Waals surface area contributed by atoms with E-state index in [-0.39, 0.29) is 0 Å². The van der Waals surface area contributed by atoms with Gasteiger partial charge in [-0.3, -0.25) is 4.79 Å². The van der Waals surface area contributed by atoms with Crippen LogP contribution in [0.15, 0.2) is 48.6 Å². The van der Waals surface area contributed by atoms with Crippen molar-refractivity contribution in [2.75, 3.05) is 6.61 Å². The molecule has 0 spiro atoms. The van der Waals surface area contributed by atoms with Crippen molar-refractivity contribution in [3.63, 3.8) is 0 Å². The predicted octanol–water partition coefficient (Wildman–Crippen LogP) is 19.3. The fourth-order valence-corrected chi connectivity index (χ4v) is 9.96. The number of carbonyl (C=O) groups excluding carboxylic acids is 1. The molecule has 6 heteroatoms. The maximum atomic E-state index is 12.6. The third-order valence-corrected chi connectivity index (χ3v) is 15.0. The van der Waals surface area contributed by atoms with Gasteiger partial charge in [0.2, 0.25) is 5.91 Å². The van der Waals surface area contributed by atoms with E-state index in [1.54, 1.807) is 0 Å². The number of hydrogen-bond acceptors (Lipinski definition) is 5. The minimum Gasteiger partial charge on any atom is -0.394 e. The molecule has 0 saturated carbocycles. The Morgan fingerprint density at radius 2 is 0.583 bits per heavy atom. The summed E-state index contributed by atoms with van der Waals surface area (Å²) in [5.41, 5.74) is 0. The van der Waals surface area contributed by atoms with Crippen molar-refractivity contribution < 1.29 is 25.2 Å². The monoisotopic (exact) mass is 1010 g/mol. The Hall–Kier alpha value is -1.73. The first kappa shape index (κ1) is 70.3. The van der Waals surface area contributed by atoms with E-state index >= 15 is 0 Å². The molecule has 424 valence electrons. The van der Waals surface area contributed by atoms with Crippen LogP contribution in [-0.2, 0) is 4.79 Å². The Kier molecular flexibility index (Phi) is 58.7. The van der Waals surface area contributed by atoms with Gasteiger partial charge < -0.3 is 25.7 Å². The zero-order valence-electron chi connectivity index (χ0n) is 48.2. The average Bonchev–Trinajstić information content (AvgIpc) is 3.39. The summed E-state index contributed by atoms with van der Waals surface area (Å²) in [6.07, 6.45) is 77.8. The summed E-state index contributed by atoms with van der Waals surface area (Å²) in [4.78, 5) is 12.6. The lowest BCUT2D eigenvalue weighted by Gasteiger charge is -2.27. The molecule has 6 nitrogen and oxygen atoms in total. The van der Waals surface area contributed by atoms with Gasteiger partial charge in [-0.25, -0.2) is 0 Å². The smallest absolute Gasteiger partial charge is 0.249 e. The van der Waals surface area contributed by atoms with Crippen molar-refractivity contribution in [3.8, 4) is 0 Å². The molecular weight excluding hydrogens is 887 g/mol. The van der Waals surface area contributed by atoms with Crippen LogP contribution in [0, 0.1) is 0 Å². The summed E-state index contributed by atoms with van der Waals surface area (Å²) >= 11 is 0. The molecule has 0 radical (unpaired) electrons. The number of amides is 1. The normalized spacial score (nSPS) is 13.9. The molecule has 72 heavy (non-hydrogen) atoms. The number of nitrogens with one attached hydrogen (secondary N) is 1. The van der Waals surface area contributed by atoms with Crippen molar-refractivity contribution in [2.24, 2.45) is 0 Å². The van der Waals surface area contributed by atoms with Crippen molar-refractivity contribution in [3.05, 3.63) is 48.6 Å². The maximum Gasteiger partial charge on any atom is 0.249 e. The van der Waals surface area contributed by atoms with Gasteiger partial charge >= 0.3 is 0 Å². The van der Waals surface area contributed by atoms with E-state index in [1.807, 2.05) is 0 Å². The Morgan fingerprint density at radius 3 is 0.875 bits per heavy atom. The van der Waals surface area contributed by atoms with Crippen LogP contribution < -0.4 is 5.32 Å². The highest BCUT2D eigenvalue weighted by atomic mass is 16.3. The molecule has 0 fully saturated rings. The molecule has 5 N–H and O–H groups in total. The van der Waals surface area contributed by atoms with Gasteiger partial charge in [0.1, 0.15) is 12.2 Å². The highest BCUT2D eigenvalue weighted by Gasteiger charge is 2.28. The van der Waals surface area contributed by atoms with Crippen molar-refractivity contribution in [1.82, 2.24) is 5.32 Å². The molecular formula is C66H125NO5. The SMILES string of the molecule is CCCCCCCCCCCCCC/C=C\CCCCCCCCCCCCCCCCC(O)C(=O)NC(CO)C(O)C(O)CCC/C=C/CC/C=C/CC/C=C/CCCCCCCCCCCCCCC. The van der Waals surface area contributed by atoms with E-state index in [1.165, 1.54) is 250 Å². The molecule has 0 saturated heterocycles. The summed E-state index contributed by atoms with van der Waals surface area (Å²) in [6, 6.07) is -1.01. The van der Waals surface area contributed by atoms with Gasteiger partial charge in [-0.15, -0.1) is 0 Å². The van der Waals surface area contributed by atoms with Crippen LogP contribution in [0.25, 0.3) is 0 Å². The molecule has 4 atom stereocenters. The fourth-order valence-electron chi connectivity index (χ4n) is 9.96. The summed E-state index contributed by atoms with van der Waals surface area (Å²) in [5, 5.41) is 44.1. The molecule has 1 amide bonds. The van der Waals surface area contributed by atoms with E-state index in [9.17, 15) is 25.2 Å². The Morgan fingerprint density at radius 1 is 0.333 bits per heavy atom. The number of hydrogen-bond donors (Lipinski definition) is 5. The molecule has 0 aliphatic heterocycles. The Labute approximate surface area is 449 Å². The summed E-state index contributed by atoms with van der Waals surface area (Å²) in [7, 11) is 0. The van der Waals surface area contributed by atoms with Crippen LogP contribution in [0.5, 0.6) is 0 Å². The van der Waals surface area contributed by atoms with Gasteiger partial charge in [0.25, 0.3) is 0 Å². The number of allylic oxidation sites excluding steroid dienone is 8. The molecule has 0 rings (SSSR count). The second-order valence-corrected chi connectivity index (χ2v) is 22.1. The lowest BCUT2D eigenvalue weighted by Crippen LogP contribution is -2.53. The molecule has 0 heterocycles. The lowest BCUT2D eigenvalue weighted by molar-refractivity contribution is -0.132. The largest absolute Gasteiger partial charge is 0.394 e. The zero-order chi connectivity index (χ0) is 52.3. The van der Waals surface area contributed by atoms with E-state index in [0.29, 0.717) is 19.3 Å². The second kappa shape index (κ2) is 60.1. The van der Waals surface area contributed by atoms with E-state index in [4.69, 9.17) is 0 Å².